The van der Waals surface area contributed by atoms with Crippen LogP contribution in [0.1, 0.15) is 58.8 Å². The molecule has 4 aliphatic carbocycles. The zero-order valence-corrected chi connectivity index (χ0v) is 25.9. The van der Waals surface area contributed by atoms with Gasteiger partial charge >= 0.3 is 0 Å². The lowest BCUT2D eigenvalue weighted by molar-refractivity contribution is -0.135. The molecule has 4 aliphatic rings. The van der Waals surface area contributed by atoms with Gasteiger partial charge in [-0.3, -0.25) is 4.79 Å². The van der Waals surface area contributed by atoms with Crippen LogP contribution in [0.3, 0.4) is 0 Å². The molecule has 3 saturated carbocycles. The van der Waals surface area contributed by atoms with Crippen molar-refractivity contribution < 1.29 is 14.0 Å². The minimum atomic E-state index is -2.83. The lowest BCUT2D eigenvalue weighted by Gasteiger charge is -2.59. The fourth-order valence-corrected chi connectivity index (χ4v) is 14.2. The largest absolute Gasteiger partial charge is 0.401 e. The van der Waals surface area contributed by atoms with Crippen molar-refractivity contribution in [1.82, 2.24) is 0 Å². The molecule has 3 aromatic carbocycles. The number of fused-ring (bicyclic) bond motifs is 5. The van der Waals surface area contributed by atoms with Crippen LogP contribution in [0.2, 0.25) is 0 Å². The van der Waals surface area contributed by atoms with Gasteiger partial charge in [0.2, 0.25) is 0 Å². The molecule has 216 valence electrons. The van der Waals surface area contributed by atoms with E-state index in [0.29, 0.717) is 24.2 Å². The minimum absolute atomic E-state index is 0.0524. The van der Waals surface area contributed by atoms with E-state index in [0.717, 1.165) is 44.1 Å². The summed E-state index contributed by atoms with van der Waals surface area (Å²) >= 11 is 0. The van der Waals surface area contributed by atoms with Gasteiger partial charge < -0.3 is 9.22 Å². The van der Waals surface area contributed by atoms with Crippen LogP contribution in [0.5, 0.6) is 0 Å². The summed E-state index contributed by atoms with van der Waals surface area (Å²) in [5.41, 5.74) is 0.713. The molecule has 0 amide bonds. The van der Waals surface area contributed by atoms with Crippen molar-refractivity contribution in [2.24, 2.45) is 34.5 Å². The first kappa shape index (κ1) is 27.7. The second-order valence-corrected chi connectivity index (χ2v) is 17.0. The molecule has 3 aromatic rings. The molecule has 0 saturated heterocycles. The molecule has 0 aliphatic heterocycles. The maximum Gasteiger partial charge on any atom is 0.288 e. The highest BCUT2D eigenvalue weighted by Crippen LogP contribution is 2.66. The lowest BCUT2D eigenvalue weighted by atomic mass is 9.45. The average Bonchev–Trinajstić information content (AvgIpc) is 3.36. The molecular formula is C38H42O3Si. The number of hydrogen-bond acceptors (Lipinski definition) is 3. The summed E-state index contributed by atoms with van der Waals surface area (Å²) in [6, 6.07) is 32.8. The van der Waals surface area contributed by atoms with Gasteiger partial charge in [0.1, 0.15) is 6.29 Å². The zero-order valence-electron chi connectivity index (χ0n) is 24.9. The van der Waals surface area contributed by atoms with Gasteiger partial charge in [0.05, 0.1) is 11.5 Å². The average molecular weight is 575 g/mol. The van der Waals surface area contributed by atoms with E-state index in [1.165, 1.54) is 21.8 Å². The number of carbonyl (C=O) groups excluding carboxylic acids is 2. The number of ketones is 1. The molecule has 0 heterocycles. The van der Waals surface area contributed by atoms with E-state index >= 15 is 0 Å². The van der Waals surface area contributed by atoms with E-state index in [1.807, 2.05) is 6.08 Å². The lowest BCUT2D eigenvalue weighted by Crippen LogP contribution is -2.71. The molecular weight excluding hydrogens is 533 g/mol. The molecule has 3 fully saturated rings. The first-order chi connectivity index (χ1) is 20.4. The molecule has 0 radical (unpaired) electrons. The monoisotopic (exact) mass is 574 g/mol. The van der Waals surface area contributed by atoms with Gasteiger partial charge in [-0.05, 0) is 89.2 Å². The fourth-order valence-electron chi connectivity index (χ4n) is 10.0. The van der Waals surface area contributed by atoms with Crippen molar-refractivity contribution in [1.29, 1.82) is 0 Å². The number of aldehydes is 1. The van der Waals surface area contributed by atoms with E-state index < -0.39 is 13.7 Å². The van der Waals surface area contributed by atoms with Crippen LogP contribution in [-0.4, -0.2) is 26.5 Å². The Bertz CT molecular complexity index is 1390. The quantitative estimate of drug-likeness (QED) is 0.206. The standard InChI is InChI=1S/C38H42O3Si/c1-27-24-29(40)25-28-18-19-33-34-20-21-36(37(34,2)23-22-35(33)38(27,28)26-39)41-42(30-12-6-3-7-13-30,31-14-8-4-9-15-31)32-16-10-5-11-17-32/h3-17,25-27,33-36H,18-24H2,1-2H3/t27-,33+,34+,35+,36+,37+,38+/m1/s1. The van der Waals surface area contributed by atoms with Gasteiger partial charge in [0, 0.05) is 6.42 Å². The van der Waals surface area contributed by atoms with E-state index in [9.17, 15) is 9.59 Å². The Morgan fingerprint density at radius 1 is 0.786 bits per heavy atom. The Kier molecular flexibility index (Phi) is 6.98. The second kappa shape index (κ2) is 10.6. The van der Waals surface area contributed by atoms with Crippen molar-refractivity contribution in [3.63, 3.8) is 0 Å². The van der Waals surface area contributed by atoms with E-state index in [2.05, 4.69) is 105 Å². The third-order valence-electron chi connectivity index (χ3n) is 12.0. The Balaban J connectivity index is 1.29. The van der Waals surface area contributed by atoms with E-state index in [-0.39, 0.29) is 23.2 Å². The summed E-state index contributed by atoms with van der Waals surface area (Å²) in [5, 5.41) is 3.86. The topological polar surface area (TPSA) is 43.4 Å². The molecule has 0 N–H and O–H groups in total. The summed E-state index contributed by atoms with van der Waals surface area (Å²) in [6.07, 6.45) is 10.0. The summed E-state index contributed by atoms with van der Waals surface area (Å²) in [6.45, 7) is 4.65. The highest BCUT2D eigenvalue weighted by molar-refractivity contribution is 7.07. The smallest absolute Gasteiger partial charge is 0.288 e. The van der Waals surface area contributed by atoms with Gasteiger partial charge in [-0.25, -0.2) is 0 Å². The molecule has 42 heavy (non-hydrogen) atoms. The number of allylic oxidation sites excluding steroid dienone is 1. The molecule has 0 aromatic heterocycles. The minimum Gasteiger partial charge on any atom is -0.401 e. The molecule has 7 atom stereocenters. The second-order valence-electron chi connectivity index (χ2n) is 13.7. The van der Waals surface area contributed by atoms with E-state index in [1.54, 1.807) is 0 Å². The summed E-state index contributed by atoms with van der Waals surface area (Å²) in [7, 11) is -2.83. The first-order valence-electron chi connectivity index (χ1n) is 16.0. The van der Waals surface area contributed by atoms with Crippen LogP contribution >= 0.6 is 0 Å². The normalized spacial score (nSPS) is 34.1. The van der Waals surface area contributed by atoms with Crippen molar-refractivity contribution in [3.05, 3.63) is 103 Å². The molecule has 3 nitrogen and oxygen atoms in total. The van der Waals surface area contributed by atoms with Gasteiger partial charge in [-0.2, -0.15) is 0 Å². The van der Waals surface area contributed by atoms with Crippen molar-refractivity contribution in [2.45, 2.75) is 64.9 Å². The molecule has 0 spiro atoms. The van der Waals surface area contributed by atoms with Crippen LogP contribution in [0.4, 0.5) is 0 Å². The number of benzene rings is 3. The van der Waals surface area contributed by atoms with Crippen molar-refractivity contribution >= 4 is 35.9 Å². The SMILES string of the molecule is C[C@@H]1CC(=O)C=C2CC[C@H]3[C@@H]4CC[C@H](O[Si](c5ccccc5)(c5ccccc5)c5ccccc5)[C@@]4(C)CC[C@@H]3[C@]21C=O. The highest BCUT2D eigenvalue weighted by atomic mass is 28.4. The van der Waals surface area contributed by atoms with Crippen LogP contribution in [0, 0.1) is 34.5 Å². The number of carbonyl (C=O) groups is 2. The van der Waals surface area contributed by atoms with E-state index in [4.69, 9.17) is 4.43 Å². The fraction of sp³-hybridized carbons (Fsp3) is 0.421. The van der Waals surface area contributed by atoms with Gasteiger partial charge in [0.15, 0.2) is 5.78 Å². The first-order valence-corrected chi connectivity index (χ1v) is 17.9. The van der Waals surface area contributed by atoms with Crippen molar-refractivity contribution in [2.75, 3.05) is 0 Å². The Morgan fingerprint density at radius 3 is 1.90 bits per heavy atom. The molecule has 0 bridgehead atoms. The Hall–Kier alpha value is -3.08. The van der Waals surface area contributed by atoms with Gasteiger partial charge in [0.25, 0.3) is 8.32 Å². The van der Waals surface area contributed by atoms with Gasteiger partial charge in [-0.1, -0.05) is 110 Å². The Labute approximate surface area is 251 Å². The van der Waals surface area contributed by atoms with Crippen molar-refractivity contribution in [3.8, 4) is 0 Å². The number of hydrogen-bond donors (Lipinski definition) is 0. The third-order valence-corrected chi connectivity index (χ3v) is 16.1. The highest BCUT2D eigenvalue weighted by Gasteiger charge is 2.63. The molecule has 4 heteroatoms. The van der Waals surface area contributed by atoms with Crippen LogP contribution in [0.25, 0.3) is 0 Å². The third kappa shape index (κ3) is 4.01. The summed E-state index contributed by atoms with van der Waals surface area (Å²) in [5.74, 6) is 1.64. The summed E-state index contributed by atoms with van der Waals surface area (Å²) < 4.78 is 7.82. The van der Waals surface area contributed by atoms with Crippen LogP contribution in [0.15, 0.2) is 103 Å². The number of rotatable bonds is 6. The summed E-state index contributed by atoms with van der Waals surface area (Å²) in [4.78, 5) is 25.5. The predicted molar refractivity (Wildman–Crippen MR) is 171 cm³/mol. The van der Waals surface area contributed by atoms with Gasteiger partial charge in [-0.15, -0.1) is 0 Å². The maximum absolute atomic E-state index is 13.0. The molecule has 0 unspecified atom stereocenters. The Morgan fingerprint density at radius 2 is 1.36 bits per heavy atom. The maximum atomic E-state index is 13.0. The zero-order chi connectivity index (χ0) is 29.0. The predicted octanol–water partition coefficient (Wildman–Crippen LogP) is 6.00. The van der Waals surface area contributed by atoms with Crippen LogP contribution in [-0.2, 0) is 14.0 Å². The molecule has 7 rings (SSSR count). The van der Waals surface area contributed by atoms with Crippen LogP contribution < -0.4 is 15.6 Å².